The predicted octanol–water partition coefficient (Wildman–Crippen LogP) is -0.667. The van der Waals surface area contributed by atoms with Gasteiger partial charge < -0.3 is 15.5 Å². The van der Waals surface area contributed by atoms with Gasteiger partial charge in [-0.1, -0.05) is 0 Å². The maximum Gasteiger partial charge on any atom is 0.244 e. The van der Waals surface area contributed by atoms with Crippen LogP contribution in [-0.4, -0.2) is 48.9 Å². The van der Waals surface area contributed by atoms with Gasteiger partial charge >= 0.3 is 0 Å². The molecule has 0 bridgehead atoms. The molecule has 1 heterocycles. The van der Waals surface area contributed by atoms with E-state index in [4.69, 9.17) is 0 Å². The second kappa shape index (κ2) is 4.82. The van der Waals surface area contributed by atoms with Crippen molar-refractivity contribution in [3.05, 3.63) is 0 Å². The highest BCUT2D eigenvalue weighted by Crippen LogP contribution is 2.31. The van der Waals surface area contributed by atoms with Crippen molar-refractivity contribution in [2.24, 2.45) is 5.92 Å². The number of piperazine rings is 1. The molecule has 0 aromatic carbocycles. The molecule has 0 radical (unpaired) electrons. The van der Waals surface area contributed by atoms with Crippen molar-refractivity contribution in [2.75, 3.05) is 26.2 Å². The highest BCUT2D eigenvalue weighted by atomic mass is 16.2. The second-order valence-corrected chi connectivity index (χ2v) is 4.42. The Labute approximate surface area is 95.6 Å². The minimum absolute atomic E-state index is 0.0382. The molecule has 1 unspecified atom stereocenters. The van der Waals surface area contributed by atoms with Crippen LogP contribution in [0.25, 0.3) is 0 Å². The lowest BCUT2D eigenvalue weighted by Gasteiger charge is -2.35. The van der Waals surface area contributed by atoms with Crippen LogP contribution in [-0.2, 0) is 9.59 Å². The van der Waals surface area contributed by atoms with Crippen LogP contribution in [0.3, 0.4) is 0 Å². The molecule has 0 aromatic heterocycles. The van der Waals surface area contributed by atoms with Crippen molar-refractivity contribution in [3.63, 3.8) is 0 Å². The van der Waals surface area contributed by atoms with Crippen molar-refractivity contribution in [1.29, 1.82) is 0 Å². The normalized spacial score (nSPS) is 25.3. The van der Waals surface area contributed by atoms with Gasteiger partial charge in [0.05, 0.1) is 0 Å². The molecule has 0 aromatic rings. The van der Waals surface area contributed by atoms with Crippen molar-refractivity contribution in [2.45, 2.75) is 25.8 Å². The van der Waals surface area contributed by atoms with Crippen LogP contribution in [0, 0.1) is 5.92 Å². The van der Waals surface area contributed by atoms with Crippen LogP contribution in [0.2, 0.25) is 0 Å². The van der Waals surface area contributed by atoms with Crippen LogP contribution in [0.15, 0.2) is 0 Å². The number of nitrogens with one attached hydrogen (secondary N) is 2. The minimum Gasteiger partial charge on any atom is -0.355 e. The molecular weight excluding hydrogens is 206 g/mol. The summed E-state index contributed by atoms with van der Waals surface area (Å²) in [6.45, 7) is 4.51. The van der Waals surface area contributed by atoms with Gasteiger partial charge in [0.25, 0.3) is 0 Å². The van der Waals surface area contributed by atoms with Gasteiger partial charge in [0.15, 0.2) is 0 Å². The van der Waals surface area contributed by atoms with E-state index in [0.717, 1.165) is 19.4 Å². The fourth-order valence-corrected chi connectivity index (χ4v) is 2.06. The Hall–Kier alpha value is -1.10. The molecule has 5 heteroatoms. The van der Waals surface area contributed by atoms with Crippen molar-refractivity contribution in [3.8, 4) is 0 Å². The quantitative estimate of drug-likeness (QED) is 0.670. The monoisotopic (exact) mass is 225 g/mol. The molecule has 2 rings (SSSR count). The van der Waals surface area contributed by atoms with Gasteiger partial charge in [-0.2, -0.15) is 0 Å². The lowest BCUT2D eigenvalue weighted by atomic mass is 10.1. The Kier molecular flexibility index (Phi) is 3.43. The summed E-state index contributed by atoms with van der Waals surface area (Å²) in [4.78, 5) is 25.6. The van der Waals surface area contributed by atoms with E-state index in [1.165, 1.54) is 0 Å². The Morgan fingerprint density at radius 3 is 2.81 bits per heavy atom. The van der Waals surface area contributed by atoms with Crippen molar-refractivity contribution < 1.29 is 9.59 Å². The van der Waals surface area contributed by atoms with Crippen molar-refractivity contribution >= 4 is 11.8 Å². The van der Waals surface area contributed by atoms with Crippen LogP contribution in [0.1, 0.15) is 19.8 Å². The van der Waals surface area contributed by atoms with Gasteiger partial charge in [0, 0.05) is 32.1 Å². The number of likely N-dealkylation sites (N-methyl/N-ethyl adjacent to an activating group) is 1. The van der Waals surface area contributed by atoms with E-state index in [1.54, 1.807) is 4.90 Å². The summed E-state index contributed by atoms with van der Waals surface area (Å²) in [6, 6.07) is -0.318. The standard InChI is InChI=1S/C11H19N3O2/c1-2-13-10(15)9-7-12-5-6-14(9)11(16)8-3-4-8/h8-9,12H,2-7H2,1H3,(H,13,15). The smallest absolute Gasteiger partial charge is 0.244 e. The maximum absolute atomic E-state index is 12.0. The molecule has 5 nitrogen and oxygen atoms in total. The summed E-state index contributed by atoms with van der Waals surface area (Å²) < 4.78 is 0. The summed E-state index contributed by atoms with van der Waals surface area (Å²) in [6.07, 6.45) is 1.98. The van der Waals surface area contributed by atoms with Crippen LogP contribution < -0.4 is 10.6 Å². The first-order chi connectivity index (χ1) is 7.74. The third-order valence-electron chi connectivity index (χ3n) is 3.11. The highest BCUT2D eigenvalue weighted by Gasteiger charge is 2.39. The largest absolute Gasteiger partial charge is 0.355 e. The molecular formula is C11H19N3O2. The molecule has 0 spiro atoms. The number of rotatable bonds is 3. The first-order valence-electron chi connectivity index (χ1n) is 6.03. The summed E-state index contributed by atoms with van der Waals surface area (Å²) in [5.74, 6) is 0.316. The topological polar surface area (TPSA) is 61.4 Å². The third kappa shape index (κ3) is 2.35. The molecule has 1 atom stereocenters. The average Bonchev–Trinajstić information content (AvgIpc) is 3.12. The summed E-state index contributed by atoms with van der Waals surface area (Å²) in [5, 5.41) is 5.95. The molecule has 1 aliphatic carbocycles. The summed E-state index contributed by atoms with van der Waals surface area (Å²) >= 11 is 0. The zero-order chi connectivity index (χ0) is 11.5. The van der Waals surface area contributed by atoms with E-state index in [2.05, 4.69) is 10.6 Å². The number of carbonyl (C=O) groups is 2. The van der Waals surface area contributed by atoms with Gasteiger partial charge in [-0.3, -0.25) is 9.59 Å². The zero-order valence-corrected chi connectivity index (χ0v) is 9.66. The molecule has 2 amide bonds. The van der Waals surface area contributed by atoms with Crippen LogP contribution in [0.5, 0.6) is 0 Å². The number of hydrogen-bond donors (Lipinski definition) is 2. The molecule has 1 saturated carbocycles. The molecule has 1 aliphatic heterocycles. The van der Waals surface area contributed by atoms with Gasteiger partial charge in [-0.25, -0.2) is 0 Å². The number of hydrogen-bond acceptors (Lipinski definition) is 3. The maximum atomic E-state index is 12.0. The molecule has 2 fully saturated rings. The van der Waals surface area contributed by atoms with Gasteiger partial charge in [-0.15, -0.1) is 0 Å². The molecule has 16 heavy (non-hydrogen) atoms. The zero-order valence-electron chi connectivity index (χ0n) is 9.66. The summed E-state index contributed by atoms with van der Waals surface area (Å²) in [5.41, 5.74) is 0. The molecule has 90 valence electrons. The van der Waals surface area contributed by atoms with E-state index < -0.39 is 0 Å². The van der Waals surface area contributed by atoms with Crippen LogP contribution in [0.4, 0.5) is 0 Å². The number of amides is 2. The van der Waals surface area contributed by atoms with Crippen molar-refractivity contribution in [1.82, 2.24) is 15.5 Å². The predicted molar refractivity (Wildman–Crippen MR) is 59.8 cm³/mol. The third-order valence-corrected chi connectivity index (χ3v) is 3.11. The molecule has 2 N–H and O–H groups in total. The molecule has 2 aliphatic rings. The average molecular weight is 225 g/mol. The summed E-state index contributed by atoms with van der Waals surface area (Å²) in [7, 11) is 0. The van der Waals surface area contributed by atoms with Gasteiger partial charge in [0.1, 0.15) is 6.04 Å². The molecule has 1 saturated heterocycles. The van der Waals surface area contributed by atoms with E-state index >= 15 is 0 Å². The SMILES string of the molecule is CCNC(=O)C1CNCCN1C(=O)C1CC1. The van der Waals surface area contributed by atoms with Gasteiger partial charge in [-0.05, 0) is 19.8 Å². The highest BCUT2D eigenvalue weighted by molar-refractivity contribution is 5.89. The first-order valence-corrected chi connectivity index (χ1v) is 6.03. The van der Waals surface area contributed by atoms with E-state index in [0.29, 0.717) is 19.6 Å². The lowest BCUT2D eigenvalue weighted by molar-refractivity contribution is -0.142. The van der Waals surface area contributed by atoms with Gasteiger partial charge in [0.2, 0.25) is 11.8 Å². The Morgan fingerprint density at radius 1 is 1.44 bits per heavy atom. The fourth-order valence-electron chi connectivity index (χ4n) is 2.06. The Bertz CT molecular complexity index is 289. The first kappa shape index (κ1) is 11.4. The van der Waals surface area contributed by atoms with E-state index in [-0.39, 0.29) is 23.8 Å². The van der Waals surface area contributed by atoms with E-state index in [1.807, 2.05) is 6.92 Å². The minimum atomic E-state index is -0.318. The second-order valence-electron chi connectivity index (χ2n) is 4.42. The number of nitrogens with zero attached hydrogens (tertiary/aromatic N) is 1. The van der Waals surface area contributed by atoms with E-state index in [9.17, 15) is 9.59 Å². The Balaban J connectivity index is 2.00. The fraction of sp³-hybridized carbons (Fsp3) is 0.818. The number of carbonyl (C=O) groups excluding carboxylic acids is 2. The Morgan fingerprint density at radius 2 is 2.19 bits per heavy atom. The lowest BCUT2D eigenvalue weighted by Crippen LogP contribution is -2.59. The van der Waals surface area contributed by atoms with Crippen LogP contribution >= 0.6 is 0 Å².